The van der Waals surface area contributed by atoms with Crippen LogP contribution in [0.1, 0.15) is 33.6 Å². The number of likely N-dealkylation sites (tertiary alicyclic amines) is 1. The van der Waals surface area contributed by atoms with Gasteiger partial charge < -0.3 is 9.64 Å². The predicted octanol–water partition coefficient (Wildman–Crippen LogP) is 1.44. The summed E-state index contributed by atoms with van der Waals surface area (Å²) in [5.41, 5.74) is 0. The van der Waals surface area contributed by atoms with E-state index in [1.54, 1.807) is 4.90 Å². The van der Waals surface area contributed by atoms with E-state index in [1.165, 1.54) is 0 Å². The van der Waals surface area contributed by atoms with Gasteiger partial charge >= 0.3 is 5.97 Å². The first-order chi connectivity index (χ1) is 7.54. The van der Waals surface area contributed by atoms with Crippen molar-refractivity contribution in [1.29, 1.82) is 0 Å². The van der Waals surface area contributed by atoms with Crippen LogP contribution in [0.15, 0.2) is 0 Å². The van der Waals surface area contributed by atoms with E-state index in [0.29, 0.717) is 25.5 Å². The first-order valence-electron chi connectivity index (χ1n) is 5.99. The molecule has 0 radical (unpaired) electrons. The monoisotopic (exact) mass is 227 g/mol. The SMILES string of the molecule is CCCOC(=O)C1CC(=O)N(CC(C)C)C1. The van der Waals surface area contributed by atoms with Gasteiger partial charge in [-0.15, -0.1) is 0 Å². The van der Waals surface area contributed by atoms with Crippen LogP contribution in [0.2, 0.25) is 0 Å². The minimum Gasteiger partial charge on any atom is -0.465 e. The Labute approximate surface area is 96.9 Å². The fourth-order valence-corrected chi connectivity index (χ4v) is 1.87. The average Bonchev–Trinajstić information content (AvgIpc) is 2.56. The van der Waals surface area contributed by atoms with Gasteiger partial charge in [0.2, 0.25) is 5.91 Å². The number of hydrogen-bond acceptors (Lipinski definition) is 3. The maximum atomic E-state index is 11.6. The fraction of sp³-hybridized carbons (Fsp3) is 0.833. The molecule has 4 nitrogen and oxygen atoms in total. The summed E-state index contributed by atoms with van der Waals surface area (Å²) in [7, 11) is 0. The third-order valence-corrected chi connectivity index (χ3v) is 2.58. The summed E-state index contributed by atoms with van der Waals surface area (Å²) in [4.78, 5) is 25.0. The third-order valence-electron chi connectivity index (χ3n) is 2.58. The quantitative estimate of drug-likeness (QED) is 0.668. The van der Waals surface area contributed by atoms with E-state index in [2.05, 4.69) is 13.8 Å². The van der Waals surface area contributed by atoms with Gasteiger partial charge in [0.15, 0.2) is 0 Å². The highest BCUT2D eigenvalue weighted by Gasteiger charge is 2.35. The Balaban J connectivity index is 2.43. The molecule has 1 amide bonds. The molecule has 92 valence electrons. The van der Waals surface area contributed by atoms with Crippen LogP contribution >= 0.6 is 0 Å². The largest absolute Gasteiger partial charge is 0.465 e. The van der Waals surface area contributed by atoms with Crippen LogP contribution < -0.4 is 0 Å². The molecule has 0 spiro atoms. The Morgan fingerprint density at radius 3 is 2.81 bits per heavy atom. The lowest BCUT2D eigenvalue weighted by Crippen LogP contribution is -2.30. The molecule has 1 heterocycles. The molecular weight excluding hydrogens is 206 g/mol. The van der Waals surface area contributed by atoms with E-state index in [9.17, 15) is 9.59 Å². The Morgan fingerprint density at radius 2 is 2.25 bits per heavy atom. The molecule has 16 heavy (non-hydrogen) atoms. The van der Waals surface area contributed by atoms with E-state index in [-0.39, 0.29) is 17.8 Å². The van der Waals surface area contributed by atoms with Gasteiger partial charge in [0.05, 0.1) is 12.5 Å². The standard InChI is InChI=1S/C12H21NO3/c1-4-5-16-12(15)10-6-11(14)13(8-10)7-9(2)3/h9-10H,4-8H2,1-3H3. The maximum Gasteiger partial charge on any atom is 0.311 e. The Kier molecular flexibility index (Phi) is 4.77. The highest BCUT2D eigenvalue weighted by molar-refractivity contribution is 5.86. The van der Waals surface area contributed by atoms with Crippen molar-refractivity contribution in [3.05, 3.63) is 0 Å². The molecule has 1 aliphatic rings. The highest BCUT2D eigenvalue weighted by atomic mass is 16.5. The van der Waals surface area contributed by atoms with Crippen LogP contribution in [0.25, 0.3) is 0 Å². The summed E-state index contributed by atoms with van der Waals surface area (Å²) in [6.07, 6.45) is 1.14. The van der Waals surface area contributed by atoms with Crippen molar-refractivity contribution in [2.45, 2.75) is 33.6 Å². The van der Waals surface area contributed by atoms with Gasteiger partial charge in [-0.2, -0.15) is 0 Å². The second kappa shape index (κ2) is 5.87. The van der Waals surface area contributed by atoms with Crippen LogP contribution in [-0.2, 0) is 14.3 Å². The zero-order valence-electron chi connectivity index (χ0n) is 10.4. The van der Waals surface area contributed by atoms with Crippen molar-refractivity contribution in [2.24, 2.45) is 11.8 Å². The smallest absolute Gasteiger partial charge is 0.311 e. The van der Waals surface area contributed by atoms with Crippen molar-refractivity contribution >= 4 is 11.9 Å². The molecule has 1 saturated heterocycles. The molecule has 0 aromatic carbocycles. The molecule has 0 N–H and O–H groups in total. The molecule has 0 aliphatic carbocycles. The molecule has 0 saturated carbocycles. The van der Waals surface area contributed by atoms with E-state index in [0.717, 1.165) is 13.0 Å². The van der Waals surface area contributed by atoms with E-state index in [1.807, 2.05) is 6.92 Å². The average molecular weight is 227 g/mol. The summed E-state index contributed by atoms with van der Waals surface area (Å²) in [5, 5.41) is 0. The summed E-state index contributed by atoms with van der Waals surface area (Å²) in [5.74, 6) is 0.0424. The van der Waals surface area contributed by atoms with Crippen molar-refractivity contribution in [3.8, 4) is 0 Å². The van der Waals surface area contributed by atoms with Crippen LogP contribution in [0, 0.1) is 11.8 Å². The molecule has 1 rings (SSSR count). The van der Waals surface area contributed by atoms with Crippen LogP contribution in [0.5, 0.6) is 0 Å². The van der Waals surface area contributed by atoms with Gasteiger partial charge in [0.1, 0.15) is 0 Å². The molecule has 1 unspecified atom stereocenters. The fourth-order valence-electron chi connectivity index (χ4n) is 1.87. The molecule has 0 aromatic rings. The highest BCUT2D eigenvalue weighted by Crippen LogP contribution is 2.20. The topological polar surface area (TPSA) is 46.6 Å². The lowest BCUT2D eigenvalue weighted by Gasteiger charge is -2.18. The van der Waals surface area contributed by atoms with Gasteiger partial charge in [-0.1, -0.05) is 20.8 Å². The van der Waals surface area contributed by atoms with Gasteiger partial charge in [-0.3, -0.25) is 9.59 Å². The summed E-state index contributed by atoms with van der Waals surface area (Å²) in [6.45, 7) is 7.80. The summed E-state index contributed by atoms with van der Waals surface area (Å²) in [6, 6.07) is 0. The first-order valence-corrected chi connectivity index (χ1v) is 5.99. The van der Waals surface area contributed by atoms with E-state index in [4.69, 9.17) is 4.74 Å². The van der Waals surface area contributed by atoms with Gasteiger partial charge in [-0.05, 0) is 12.3 Å². The number of esters is 1. The van der Waals surface area contributed by atoms with Crippen molar-refractivity contribution in [1.82, 2.24) is 4.90 Å². The molecule has 4 heteroatoms. The number of hydrogen-bond donors (Lipinski definition) is 0. The number of nitrogens with zero attached hydrogens (tertiary/aromatic N) is 1. The minimum absolute atomic E-state index is 0.0761. The molecule has 0 aromatic heterocycles. The predicted molar refractivity (Wildman–Crippen MR) is 60.8 cm³/mol. The molecule has 1 atom stereocenters. The van der Waals surface area contributed by atoms with Crippen molar-refractivity contribution < 1.29 is 14.3 Å². The minimum atomic E-state index is -0.252. The Morgan fingerprint density at radius 1 is 1.56 bits per heavy atom. The second-order valence-electron chi connectivity index (χ2n) is 4.76. The maximum absolute atomic E-state index is 11.6. The number of rotatable bonds is 5. The molecule has 0 bridgehead atoms. The lowest BCUT2D eigenvalue weighted by atomic mass is 10.1. The van der Waals surface area contributed by atoms with Crippen LogP contribution in [0.4, 0.5) is 0 Å². The summed E-state index contributed by atoms with van der Waals surface area (Å²) < 4.78 is 5.06. The Bertz CT molecular complexity index is 263. The van der Waals surface area contributed by atoms with Gasteiger partial charge in [-0.25, -0.2) is 0 Å². The van der Waals surface area contributed by atoms with Crippen LogP contribution in [-0.4, -0.2) is 36.5 Å². The molecule has 1 fully saturated rings. The number of carbonyl (C=O) groups excluding carboxylic acids is 2. The van der Waals surface area contributed by atoms with Crippen LogP contribution in [0.3, 0.4) is 0 Å². The molecular formula is C12H21NO3. The number of ether oxygens (including phenoxy) is 1. The number of amides is 1. The summed E-state index contributed by atoms with van der Waals surface area (Å²) >= 11 is 0. The molecule has 1 aliphatic heterocycles. The van der Waals surface area contributed by atoms with Crippen molar-refractivity contribution in [3.63, 3.8) is 0 Å². The zero-order valence-corrected chi connectivity index (χ0v) is 10.4. The van der Waals surface area contributed by atoms with Crippen molar-refractivity contribution in [2.75, 3.05) is 19.7 Å². The van der Waals surface area contributed by atoms with Gasteiger partial charge in [0, 0.05) is 19.5 Å². The zero-order chi connectivity index (χ0) is 12.1. The number of carbonyl (C=O) groups is 2. The van der Waals surface area contributed by atoms with E-state index < -0.39 is 0 Å². The second-order valence-corrected chi connectivity index (χ2v) is 4.76. The third kappa shape index (κ3) is 3.51. The Hall–Kier alpha value is -1.06. The lowest BCUT2D eigenvalue weighted by molar-refractivity contribution is -0.148. The van der Waals surface area contributed by atoms with Gasteiger partial charge in [0.25, 0.3) is 0 Å². The first kappa shape index (κ1) is 13.0. The normalized spacial score (nSPS) is 20.6. The van der Waals surface area contributed by atoms with E-state index >= 15 is 0 Å².